The average molecular weight is 269 g/mol. The van der Waals surface area contributed by atoms with Crippen LogP contribution in [0.25, 0.3) is 11.1 Å². The molecule has 0 amide bonds. The zero-order chi connectivity index (χ0) is 14.6. The molecule has 0 saturated heterocycles. The maximum absolute atomic E-state index is 11.0. The molecule has 0 aliphatic rings. The van der Waals surface area contributed by atoms with Crippen LogP contribution in [0.2, 0.25) is 0 Å². The van der Waals surface area contributed by atoms with Gasteiger partial charge < -0.3 is 10.4 Å². The maximum Gasteiger partial charge on any atom is 0.310 e. The zero-order valence-electron chi connectivity index (χ0n) is 11.8. The topological polar surface area (TPSA) is 49.3 Å². The van der Waals surface area contributed by atoms with Crippen LogP contribution in [0.5, 0.6) is 0 Å². The average Bonchev–Trinajstić information content (AvgIpc) is 2.46. The fraction of sp³-hybridized carbons (Fsp3) is 0.235. The third-order valence-corrected chi connectivity index (χ3v) is 3.31. The minimum atomic E-state index is -0.800. The maximum atomic E-state index is 11.0. The van der Waals surface area contributed by atoms with Crippen molar-refractivity contribution in [3.05, 3.63) is 54.6 Å². The number of carboxylic acid groups (broad SMARTS) is 1. The fourth-order valence-corrected chi connectivity index (χ4v) is 1.81. The molecule has 104 valence electrons. The molecule has 3 nitrogen and oxygen atoms in total. The van der Waals surface area contributed by atoms with E-state index in [1.165, 1.54) is 5.56 Å². The van der Waals surface area contributed by atoms with Crippen molar-refractivity contribution in [1.82, 2.24) is 0 Å². The highest BCUT2D eigenvalue weighted by Crippen LogP contribution is 2.22. The number of nitrogens with one attached hydrogen (secondary N) is 1. The van der Waals surface area contributed by atoms with Gasteiger partial charge in [-0.1, -0.05) is 42.5 Å². The molecule has 0 spiro atoms. The van der Waals surface area contributed by atoms with Crippen LogP contribution < -0.4 is 5.32 Å². The highest BCUT2D eigenvalue weighted by atomic mass is 16.4. The molecule has 2 aromatic rings. The quantitative estimate of drug-likeness (QED) is 0.866. The van der Waals surface area contributed by atoms with Crippen molar-refractivity contribution in [2.24, 2.45) is 5.41 Å². The van der Waals surface area contributed by atoms with Crippen LogP contribution in [0.15, 0.2) is 54.6 Å². The minimum absolute atomic E-state index is 0.396. The molecule has 0 bridgehead atoms. The molecule has 0 aliphatic carbocycles. The lowest BCUT2D eigenvalue weighted by Crippen LogP contribution is -2.31. The molecule has 0 unspecified atom stereocenters. The Morgan fingerprint density at radius 1 is 1.00 bits per heavy atom. The van der Waals surface area contributed by atoms with E-state index in [0.717, 1.165) is 11.3 Å². The third kappa shape index (κ3) is 3.38. The smallest absolute Gasteiger partial charge is 0.310 e. The van der Waals surface area contributed by atoms with Crippen LogP contribution in [-0.2, 0) is 4.79 Å². The van der Waals surface area contributed by atoms with Crippen molar-refractivity contribution in [2.45, 2.75) is 13.8 Å². The molecule has 0 atom stereocenters. The second-order valence-corrected chi connectivity index (χ2v) is 5.49. The predicted molar refractivity (Wildman–Crippen MR) is 81.8 cm³/mol. The highest BCUT2D eigenvalue weighted by molar-refractivity contribution is 5.74. The van der Waals surface area contributed by atoms with E-state index < -0.39 is 11.4 Å². The van der Waals surface area contributed by atoms with Crippen LogP contribution in [0.3, 0.4) is 0 Å². The van der Waals surface area contributed by atoms with Crippen molar-refractivity contribution in [2.75, 3.05) is 11.9 Å². The molecule has 2 N–H and O–H groups in total. The first-order valence-corrected chi connectivity index (χ1v) is 6.62. The van der Waals surface area contributed by atoms with E-state index in [1.54, 1.807) is 13.8 Å². The summed E-state index contributed by atoms with van der Waals surface area (Å²) in [7, 11) is 0. The van der Waals surface area contributed by atoms with Gasteiger partial charge in [0, 0.05) is 12.2 Å². The van der Waals surface area contributed by atoms with E-state index in [2.05, 4.69) is 17.4 Å². The molecule has 0 radical (unpaired) electrons. The van der Waals surface area contributed by atoms with Gasteiger partial charge in [0.15, 0.2) is 0 Å². The first kappa shape index (κ1) is 14.1. The lowest BCUT2D eigenvalue weighted by molar-refractivity contribution is -0.146. The van der Waals surface area contributed by atoms with E-state index in [9.17, 15) is 4.79 Å². The largest absolute Gasteiger partial charge is 0.481 e. The number of anilines is 1. The minimum Gasteiger partial charge on any atom is -0.481 e. The molecule has 0 fully saturated rings. The van der Waals surface area contributed by atoms with E-state index >= 15 is 0 Å². The van der Waals surface area contributed by atoms with Crippen molar-refractivity contribution in [3.8, 4) is 11.1 Å². The van der Waals surface area contributed by atoms with Gasteiger partial charge in [0.05, 0.1) is 5.41 Å². The van der Waals surface area contributed by atoms with Crippen LogP contribution in [-0.4, -0.2) is 17.6 Å². The van der Waals surface area contributed by atoms with E-state index in [0.29, 0.717) is 6.54 Å². The molecule has 0 aromatic heterocycles. The Morgan fingerprint density at radius 2 is 1.55 bits per heavy atom. The Bertz CT molecular complexity index is 574. The summed E-state index contributed by atoms with van der Waals surface area (Å²) in [6, 6.07) is 18.2. The van der Waals surface area contributed by atoms with Crippen LogP contribution in [0.4, 0.5) is 5.69 Å². The predicted octanol–water partition coefficient (Wildman–Crippen LogP) is 3.88. The molecule has 0 aliphatic heterocycles. The first-order chi connectivity index (χ1) is 9.49. The van der Waals surface area contributed by atoms with Crippen LogP contribution in [0.1, 0.15) is 13.8 Å². The number of carbonyl (C=O) groups is 1. The second kappa shape index (κ2) is 5.78. The summed E-state index contributed by atoms with van der Waals surface area (Å²) in [5, 5.41) is 12.2. The summed E-state index contributed by atoms with van der Waals surface area (Å²) in [4.78, 5) is 11.0. The number of aliphatic carboxylic acids is 1. The second-order valence-electron chi connectivity index (χ2n) is 5.49. The number of hydrogen-bond donors (Lipinski definition) is 2. The number of carboxylic acids is 1. The normalized spacial score (nSPS) is 11.1. The Balaban J connectivity index is 2.04. The van der Waals surface area contributed by atoms with E-state index in [-0.39, 0.29) is 0 Å². The van der Waals surface area contributed by atoms with Crippen LogP contribution in [0, 0.1) is 5.41 Å². The molecule has 2 rings (SSSR count). The monoisotopic (exact) mass is 269 g/mol. The molecule has 2 aromatic carbocycles. The fourth-order valence-electron chi connectivity index (χ4n) is 1.81. The van der Waals surface area contributed by atoms with Gasteiger partial charge in [-0.2, -0.15) is 0 Å². The molecule has 0 saturated carbocycles. The summed E-state index contributed by atoms with van der Waals surface area (Å²) in [6.45, 7) is 3.81. The summed E-state index contributed by atoms with van der Waals surface area (Å²) in [6.07, 6.45) is 0. The van der Waals surface area contributed by atoms with Gasteiger partial charge in [-0.05, 0) is 37.1 Å². The van der Waals surface area contributed by atoms with Crippen LogP contribution >= 0.6 is 0 Å². The highest BCUT2D eigenvalue weighted by Gasteiger charge is 2.26. The molecular formula is C17H19NO2. The Kier molecular flexibility index (Phi) is 4.08. The number of rotatable bonds is 5. The van der Waals surface area contributed by atoms with Gasteiger partial charge in [-0.15, -0.1) is 0 Å². The van der Waals surface area contributed by atoms with Gasteiger partial charge in [0.25, 0.3) is 0 Å². The Morgan fingerprint density at radius 3 is 2.10 bits per heavy atom. The summed E-state index contributed by atoms with van der Waals surface area (Å²) < 4.78 is 0. The van der Waals surface area contributed by atoms with Crippen molar-refractivity contribution < 1.29 is 9.90 Å². The number of hydrogen-bond acceptors (Lipinski definition) is 2. The first-order valence-electron chi connectivity index (χ1n) is 6.62. The van der Waals surface area contributed by atoms with Gasteiger partial charge in [-0.25, -0.2) is 0 Å². The standard InChI is InChI=1S/C17H19NO2/c1-17(2,16(19)20)12-18-15-10-8-14(9-11-15)13-6-4-3-5-7-13/h3-11,18H,12H2,1-2H3,(H,19,20). The summed E-state index contributed by atoms with van der Waals surface area (Å²) in [5.41, 5.74) is 2.47. The van der Waals surface area contributed by atoms with Gasteiger partial charge in [0.2, 0.25) is 0 Å². The van der Waals surface area contributed by atoms with Crippen molar-refractivity contribution in [3.63, 3.8) is 0 Å². The number of benzene rings is 2. The van der Waals surface area contributed by atoms with Gasteiger partial charge in [-0.3, -0.25) is 4.79 Å². The lowest BCUT2D eigenvalue weighted by atomic mass is 9.94. The summed E-state index contributed by atoms with van der Waals surface area (Å²) >= 11 is 0. The zero-order valence-corrected chi connectivity index (χ0v) is 11.8. The SMILES string of the molecule is CC(C)(CNc1ccc(-c2ccccc2)cc1)C(=O)O. The molecular weight excluding hydrogens is 250 g/mol. The lowest BCUT2D eigenvalue weighted by Gasteiger charge is -2.20. The molecule has 3 heteroatoms. The van der Waals surface area contributed by atoms with Gasteiger partial charge in [0.1, 0.15) is 0 Å². The van der Waals surface area contributed by atoms with E-state index in [1.807, 2.05) is 42.5 Å². The van der Waals surface area contributed by atoms with Gasteiger partial charge >= 0.3 is 5.97 Å². The van der Waals surface area contributed by atoms with Crippen molar-refractivity contribution >= 4 is 11.7 Å². The molecule has 0 heterocycles. The van der Waals surface area contributed by atoms with E-state index in [4.69, 9.17) is 5.11 Å². The Labute approximate surface area is 119 Å². The summed E-state index contributed by atoms with van der Waals surface area (Å²) in [5.74, 6) is -0.800. The third-order valence-electron chi connectivity index (χ3n) is 3.31. The van der Waals surface area contributed by atoms with Crippen molar-refractivity contribution in [1.29, 1.82) is 0 Å². The molecule has 20 heavy (non-hydrogen) atoms. The Hall–Kier alpha value is -2.29.